The van der Waals surface area contributed by atoms with Gasteiger partial charge < -0.3 is 0 Å². The highest BCUT2D eigenvalue weighted by atomic mass is 79.9. The van der Waals surface area contributed by atoms with Gasteiger partial charge in [-0.25, -0.2) is 5.43 Å². The van der Waals surface area contributed by atoms with Gasteiger partial charge in [-0.3, -0.25) is 9.36 Å². The van der Waals surface area contributed by atoms with Crippen molar-refractivity contribution < 1.29 is 4.79 Å². The number of thioether (sulfide) groups is 1. The van der Waals surface area contributed by atoms with Gasteiger partial charge in [0.2, 0.25) is 0 Å². The molecule has 0 fully saturated rings. The van der Waals surface area contributed by atoms with Crippen molar-refractivity contribution in [2.24, 2.45) is 5.10 Å². The van der Waals surface area contributed by atoms with E-state index in [4.69, 9.17) is 0 Å². The fourth-order valence-electron chi connectivity index (χ4n) is 3.87. The zero-order valence-corrected chi connectivity index (χ0v) is 21.8. The maximum Gasteiger partial charge on any atom is 0.250 e. The molecular formula is C28H22BrN5OS. The lowest BCUT2D eigenvalue weighted by Crippen LogP contribution is -2.21. The molecule has 0 aliphatic rings. The Kier molecular flexibility index (Phi) is 7.25. The van der Waals surface area contributed by atoms with Crippen molar-refractivity contribution >= 4 is 50.1 Å². The third kappa shape index (κ3) is 5.24. The van der Waals surface area contributed by atoms with Gasteiger partial charge in [-0.1, -0.05) is 100 Å². The summed E-state index contributed by atoms with van der Waals surface area (Å²) in [5, 5.41) is 16.0. The van der Waals surface area contributed by atoms with E-state index in [2.05, 4.69) is 54.9 Å². The molecule has 178 valence electrons. The van der Waals surface area contributed by atoms with Crippen LogP contribution < -0.4 is 5.43 Å². The monoisotopic (exact) mass is 555 g/mol. The molecule has 1 heterocycles. The molecule has 0 atom stereocenters. The largest absolute Gasteiger partial charge is 0.272 e. The molecule has 0 radical (unpaired) electrons. The van der Waals surface area contributed by atoms with Gasteiger partial charge in [0.25, 0.3) is 5.91 Å². The smallest absolute Gasteiger partial charge is 0.250 e. The van der Waals surface area contributed by atoms with Crippen LogP contribution in [0.25, 0.3) is 27.8 Å². The van der Waals surface area contributed by atoms with Crippen molar-refractivity contribution in [1.29, 1.82) is 0 Å². The van der Waals surface area contributed by atoms with Crippen LogP contribution in [-0.2, 0) is 4.79 Å². The van der Waals surface area contributed by atoms with Crippen LogP contribution >= 0.6 is 27.7 Å². The van der Waals surface area contributed by atoms with Crippen LogP contribution in [-0.4, -0.2) is 32.1 Å². The quantitative estimate of drug-likeness (QED) is 0.142. The van der Waals surface area contributed by atoms with Crippen LogP contribution in [0.4, 0.5) is 0 Å². The Hall–Kier alpha value is -3.75. The number of hydrazone groups is 1. The molecule has 0 aliphatic carbocycles. The van der Waals surface area contributed by atoms with E-state index in [0.29, 0.717) is 11.0 Å². The predicted octanol–water partition coefficient (Wildman–Crippen LogP) is 6.48. The summed E-state index contributed by atoms with van der Waals surface area (Å²) in [5.41, 5.74) is 6.28. The summed E-state index contributed by atoms with van der Waals surface area (Å²) in [4.78, 5) is 12.7. The number of benzene rings is 4. The SMILES string of the molecule is CC(=NNC(=O)CSc1nnc(-c2ccc(Br)cc2)n1-c1ccccc1)c1cccc2ccccc12. The van der Waals surface area contributed by atoms with Gasteiger partial charge in [-0.2, -0.15) is 5.10 Å². The first-order valence-corrected chi connectivity index (χ1v) is 13.1. The van der Waals surface area contributed by atoms with Gasteiger partial charge in [0.05, 0.1) is 11.5 Å². The molecule has 1 amide bonds. The number of rotatable bonds is 7. The van der Waals surface area contributed by atoms with Crippen LogP contribution in [0.5, 0.6) is 0 Å². The zero-order valence-electron chi connectivity index (χ0n) is 19.4. The molecule has 0 unspecified atom stereocenters. The average Bonchev–Trinajstić information content (AvgIpc) is 3.35. The lowest BCUT2D eigenvalue weighted by Gasteiger charge is -2.10. The summed E-state index contributed by atoms with van der Waals surface area (Å²) in [6, 6.07) is 32.0. The number of carbonyl (C=O) groups excluding carboxylic acids is 1. The van der Waals surface area contributed by atoms with Crippen LogP contribution in [0.3, 0.4) is 0 Å². The summed E-state index contributed by atoms with van der Waals surface area (Å²) in [6.45, 7) is 1.89. The Balaban J connectivity index is 1.34. The van der Waals surface area contributed by atoms with Gasteiger partial charge in [-0.05, 0) is 42.0 Å². The highest BCUT2D eigenvalue weighted by molar-refractivity contribution is 9.10. The molecule has 8 heteroatoms. The predicted molar refractivity (Wildman–Crippen MR) is 150 cm³/mol. The number of aromatic nitrogens is 3. The van der Waals surface area contributed by atoms with Crippen LogP contribution in [0.1, 0.15) is 12.5 Å². The second kappa shape index (κ2) is 10.9. The summed E-state index contributed by atoms with van der Waals surface area (Å²) < 4.78 is 2.95. The van der Waals surface area contributed by atoms with E-state index in [-0.39, 0.29) is 11.7 Å². The van der Waals surface area contributed by atoms with Crippen LogP contribution in [0, 0.1) is 0 Å². The molecule has 0 saturated carbocycles. The van der Waals surface area contributed by atoms with Gasteiger partial charge in [-0.15, -0.1) is 10.2 Å². The summed E-state index contributed by atoms with van der Waals surface area (Å²) >= 11 is 4.79. The topological polar surface area (TPSA) is 72.2 Å². The molecule has 5 aromatic rings. The first-order valence-electron chi connectivity index (χ1n) is 11.3. The first-order chi connectivity index (χ1) is 17.6. The summed E-state index contributed by atoms with van der Waals surface area (Å²) in [7, 11) is 0. The number of para-hydroxylation sites is 1. The molecule has 1 N–H and O–H groups in total. The number of fused-ring (bicyclic) bond motifs is 1. The van der Waals surface area contributed by atoms with Gasteiger partial charge in [0, 0.05) is 21.3 Å². The van der Waals surface area contributed by atoms with Crippen molar-refractivity contribution in [3.63, 3.8) is 0 Å². The van der Waals surface area contributed by atoms with E-state index in [1.807, 2.05) is 90.4 Å². The number of carbonyl (C=O) groups is 1. The summed E-state index contributed by atoms with van der Waals surface area (Å²) in [6.07, 6.45) is 0. The van der Waals surface area contributed by atoms with Gasteiger partial charge in [0.15, 0.2) is 11.0 Å². The van der Waals surface area contributed by atoms with E-state index < -0.39 is 0 Å². The second-order valence-corrected chi connectivity index (χ2v) is 9.89. The molecule has 0 bridgehead atoms. The van der Waals surface area contributed by atoms with Gasteiger partial charge >= 0.3 is 0 Å². The number of hydrogen-bond donors (Lipinski definition) is 1. The maximum atomic E-state index is 12.7. The molecule has 6 nitrogen and oxygen atoms in total. The van der Waals surface area contributed by atoms with Crippen molar-refractivity contribution in [2.75, 3.05) is 5.75 Å². The zero-order chi connectivity index (χ0) is 24.9. The number of hydrogen-bond acceptors (Lipinski definition) is 5. The van der Waals surface area contributed by atoms with E-state index >= 15 is 0 Å². The Morgan fingerprint density at radius 2 is 1.64 bits per heavy atom. The van der Waals surface area contributed by atoms with E-state index in [1.165, 1.54) is 11.8 Å². The highest BCUT2D eigenvalue weighted by Gasteiger charge is 2.17. The van der Waals surface area contributed by atoms with E-state index in [9.17, 15) is 4.79 Å². The number of nitrogens with one attached hydrogen (secondary N) is 1. The van der Waals surface area contributed by atoms with Crippen molar-refractivity contribution in [3.05, 3.63) is 107 Å². The first kappa shape index (κ1) is 24.0. The molecule has 5 rings (SSSR count). The molecular weight excluding hydrogens is 534 g/mol. The maximum absolute atomic E-state index is 12.7. The second-order valence-electron chi connectivity index (χ2n) is 8.03. The van der Waals surface area contributed by atoms with Crippen LogP contribution in [0.15, 0.2) is 112 Å². The Morgan fingerprint density at radius 3 is 2.44 bits per heavy atom. The Labute approximate surface area is 221 Å². The number of amides is 1. The van der Waals surface area contributed by atoms with E-state index in [0.717, 1.165) is 37.8 Å². The standard InChI is InChI=1S/C28H22BrN5OS/c1-19(24-13-7-9-20-8-5-6-12-25(20)24)30-31-26(35)18-36-28-33-32-27(21-14-16-22(29)17-15-21)34(28)23-10-3-2-4-11-23/h2-17H,18H2,1H3,(H,31,35). The molecule has 0 spiro atoms. The third-order valence-electron chi connectivity index (χ3n) is 5.61. The highest BCUT2D eigenvalue weighted by Crippen LogP contribution is 2.28. The number of halogens is 1. The van der Waals surface area contributed by atoms with Crippen molar-refractivity contribution in [1.82, 2.24) is 20.2 Å². The summed E-state index contributed by atoms with van der Waals surface area (Å²) in [5.74, 6) is 0.645. The molecule has 1 aromatic heterocycles. The number of nitrogens with zero attached hydrogens (tertiary/aromatic N) is 4. The van der Waals surface area contributed by atoms with Crippen molar-refractivity contribution in [3.8, 4) is 17.1 Å². The normalized spacial score (nSPS) is 11.6. The molecule has 0 aliphatic heterocycles. The van der Waals surface area contributed by atoms with Crippen LogP contribution in [0.2, 0.25) is 0 Å². The minimum atomic E-state index is -0.215. The van der Waals surface area contributed by atoms with Gasteiger partial charge in [0.1, 0.15) is 0 Å². The molecule has 4 aromatic carbocycles. The van der Waals surface area contributed by atoms with Crippen molar-refractivity contribution in [2.45, 2.75) is 12.1 Å². The van der Waals surface area contributed by atoms with E-state index in [1.54, 1.807) is 0 Å². The fraction of sp³-hybridized carbons (Fsp3) is 0.0714. The lowest BCUT2D eigenvalue weighted by atomic mass is 10.0. The Morgan fingerprint density at radius 1 is 0.917 bits per heavy atom. The average molecular weight is 556 g/mol. The minimum absolute atomic E-state index is 0.150. The lowest BCUT2D eigenvalue weighted by molar-refractivity contribution is -0.118. The molecule has 0 saturated heterocycles. The fourth-order valence-corrected chi connectivity index (χ4v) is 4.88. The molecule has 36 heavy (non-hydrogen) atoms. The third-order valence-corrected chi connectivity index (χ3v) is 7.07. The Bertz CT molecular complexity index is 1540. The minimum Gasteiger partial charge on any atom is -0.272 e.